The van der Waals surface area contributed by atoms with E-state index in [-0.39, 0.29) is 18.6 Å². The summed E-state index contributed by atoms with van der Waals surface area (Å²) >= 11 is 3.51. The Kier molecular flexibility index (Phi) is 6.60. The summed E-state index contributed by atoms with van der Waals surface area (Å²) in [5.74, 6) is -0.812. The lowest BCUT2D eigenvalue weighted by atomic mass is 9.72. The molecule has 1 amide bonds. The Morgan fingerprint density at radius 2 is 1.93 bits per heavy atom. The Bertz CT molecular complexity index is 686. The number of carboxylic acids is 1. The minimum Gasteiger partial charge on any atom is -0.481 e. The van der Waals surface area contributed by atoms with Gasteiger partial charge in [-0.25, -0.2) is 4.79 Å². The summed E-state index contributed by atoms with van der Waals surface area (Å²) < 4.78 is 8.08. The van der Waals surface area contributed by atoms with Crippen molar-refractivity contribution in [3.8, 4) is 0 Å². The molecule has 1 saturated heterocycles. The molecular formula is C19H30BrN3O4. The van der Waals surface area contributed by atoms with Gasteiger partial charge < -0.3 is 14.7 Å². The highest BCUT2D eigenvalue weighted by atomic mass is 79.9. The highest BCUT2D eigenvalue weighted by Crippen LogP contribution is 2.40. The van der Waals surface area contributed by atoms with E-state index in [1.54, 1.807) is 4.90 Å². The number of likely N-dealkylation sites (tertiary alicyclic amines) is 1. The van der Waals surface area contributed by atoms with Gasteiger partial charge in [-0.15, -0.1) is 0 Å². The number of hydrogen-bond donors (Lipinski definition) is 1. The van der Waals surface area contributed by atoms with Crippen molar-refractivity contribution in [2.45, 2.75) is 71.9 Å². The van der Waals surface area contributed by atoms with Gasteiger partial charge in [0.25, 0.3) is 0 Å². The van der Waals surface area contributed by atoms with E-state index >= 15 is 0 Å². The van der Waals surface area contributed by atoms with Crippen LogP contribution in [0.4, 0.5) is 4.79 Å². The van der Waals surface area contributed by atoms with Crippen molar-refractivity contribution in [3.63, 3.8) is 0 Å². The zero-order valence-electron chi connectivity index (χ0n) is 16.8. The predicted octanol–water partition coefficient (Wildman–Crippen LogP) is 4.26. The fourth-order valence-electron chi connectivity index (χ4n) is 3.42. The van der Waals surface area contributed by atoms with Crippen LogP contribution in [0.3, 0.4) is 0 Å². The van der Waals surface area contributed by atoms with Crippen LogP contribution in [0, 0.1) is 5.41 Å². The molecule has 27 heavy (non-hydrogen) atoms. The van der Waals surface area contributed by atoms with Crippen LogP contribution < -0.4 is 0 Å². The molecule has 0 unspecified atom stereocenters. The molecule has 7 nitrogen and oxygen atoms in total. The summed E-state index contributed by atoms with van der Waals surface area (Å²) in [6, 6.07) is 0.236. The Morgan fingerprint density at radius 3 is 2.37 bits per heavy atom. The van der Waals surface area contributed by atoms with Crippen LogP contribution in [0.5, 0.6) is 0 Å². The van der Waals surface area contributed by atoms with E-state index in [0.717, 1.165) is 10.2 Å². The van der Waals surface area contributed by atoms with Crippen molar-refractivity contribution in [2.24, 2.45) is 5.41 Å². The molecule has 1 aromatic rings. The number of aliphatic carboxylic acids is 1. The molecule has 8 heteroatoms. The second kappa shape index (κ2) is 8.20. The first kappa shape index (κ1) is 21.7. The van der Waals surface area contributed by atoms with Crippen LogP contribution in [0.1, 0.15) is 65.5 Å². The molecule has 152 valence electrons. The lowest BCUT2D eigenvalue weighted by Gasteiger charge is -2.41. The van der Waals surface area contributed by atoms with Gasteiger partial charge in [0.15, 0.2) is 0 Å². The highest BCUT2D eigenvalue weighted by Gasteiger charge is 2.39. The van der Waals surface area contributed by atoms with Gasteiger partial charge in [-0.2, -0.15) is 5.10 Å². The zero-order valence-corrected chi connectivity index (χ0v) is 18.4. The van der Waals surface area contributed by atoms with Crippen molar-refractivity contribution >= 4 is 28.0 Å². The molecule has 0 spiro atoms. The maximum absolute atomic E-state index is 12.3. The van der Waals surface area contributed by atoms with Gasteiger partial charge in [0.1, 0.15) is 10.2 Å². The minimum atomic E-state index is -0.812. The molecule has 1 fully saturated rings. The SMILES string of the molecule is CC(C)n1cc(CC2(CC(=O)O)CCN(C(=O)OC(C)(C)C)CC2)c(Br)n1. The number of carboxylic acid groups (broad SMARTS) is 1. The van der Waals surface area contributed by atoms with Gasteiger partial charge in [-0.1, -0.05) is 0 Å². The van der Waals surface area contributed by atoms with Gasteiger partial charge in [0.05, 0.1) is 6.42 Å². The smallest absolute Gasteiger partial charge is 0.410 e. The lowest BCUT2D eigenvalue weighted by Crippen LogP contribution is -2.46. The fourth-order valence-corrected chi connectivity index (χ4v) is 3.85. The van der Waals surface area contributed by atoms with Crippen molar-refractivity contribution in [2.75, 3.05) is 13.1 Å². The molecule has 0 atom stereocenters. The van der Waals surface area contributed by atoms with Crippen LogP contribution >= 0.6 is 15.9 Å². The molecule has 1 N–H and O–H groups in total. The molecule has 1 aliphatic heterocycles. The summed E-state index contributed by atoms with van der Waals surface area (Å²) in [6.45, 7) is 10.6. The number of rotatable bonds is 5. The third-order valence-electron chi connectivity index (χ3n) is 4.85. The van der Waals surface area contributed by atoms with Crippen LogP contribution in [-0.2, 0) is 16.0 Å². The summed E-state index contributed by atoms with van der Waals surface area (Å²) in [5.41, 5.74) is 0.0800. The summed E-state index contributed by atoms with van der Waals surface area (Å²) in [4.78, 5) is 25.5. The molecule has 1 aromatic heterocycles. The number of halogens is 1. The molecule has 2 heterocycles. The van der Waals surface area contributed by atoms with E-state index < -0.39 is 17.0 Å². The first-order chi connectivity index (χ1) is 12.4. The maximum Gasteiger partial charge on any atom is 0.410 e. The van der Waals surface area contributed by atoms with Gasteiger partial charge in [-0.3, -0.25) is 9.48 Å². The number of hydrogen-bond acceptors (Lipinski definition) is 4. The van der Waals surface area contributed by atoms with Gasteiger partial charge in [-0.05, 0) is 75.2 Å². The molecular weight excluding hydrogens is 414 g/mol. The fraction of sp³-hybridized carbons (Fsp3) is 0.737. The predicted molar refractivity (Wildman–Crippen MR) is 106 cm³/mol. The number of amides is 1. The number of carbonyl (C=O) groups is 2. The first-order valence-electron chi connectivity index (χ1n) is 9.34. The van der Waals surface area contributed by atoms with Crippen molar-refractivity contribution in [3.05, 3.63) is 16.4 Å². The second-order valence-corrected chi connectivity index (χ2v) is 9.48. The number of nitrogens with zero attached hydrogens (tertiary/aromatic N) is 3. The Balaban J connectivity index is 2.13. The van der Waals surface area contributed by atoms with E-state index in [0.29, 0.717) is 32.4 Å². The quantitative estimate of drug-likeness (QED) is 0.734. The van der Waals surface area contributed by atoms with E-state index in [1.807, 2.05) is 31.6 Å². The molecule has 2 rings (SSSR count). The normalized spacial score (nSPS) is 17.2. The molecule has 1 aliphatic rings. The average Bonchev–Trinajstić information content (AvgIpc) is 2.86. The Labute approximate surface area is 169 Å². The van der Waals surface area contributed by atoms with E-state index in [4.69, 9.17) is 4.74 Å². The number of piperidine rings is 1. The van der Waals surface area contributed by atoms with Crippen molar-refractivity contribution < 1.29 is 19.4 Å². The molecule has 0 radical (unpaired) electrons. The molecule has 0 aromatic carbocycles. The zero-order chi connectivity index (χ0) is 20.4. The molecule has 0 aliphatic carbocycles. The van der Waals surface area contributed by atoms with Crippen LogP contribution in [-0.4, -0.2) is 50.5 Å². The Morgan fingerprint density at radius 1 is 1.33 bits per heavy atom. The third kappa shape index (κ3) is 5.96. The monoisotopic (exact) mass is 443 g/mol. The maximum atomic E-state index is 12.3. The van der Waals surface area contributed by atoms with Crippen LogP contribution in [0.15, 0.2) is 10.8 Å². The van der Waals surface area contributed by atoms with E-state index in [1.165, 1.54) is 0 Å². The molecule has 0 saturated carbocycles. The highest BCUT2D eigenvalue weighted by molar-refractivity contribution is 9.10. The topological polar surface area (TPSA) is 84.7 Å². The van der Waals surface area contributed by atoms with Crippen LogP contribution in [0.25, 0.3) is 0 Å². The van der Waals surface area contributed by atoms with Gasteiger partial charge >= 0.3 is 12.1 Å². The summed E-state index contributed by atoms with van der Waals surface area (Å²) in [7, 11) is 0. The number of aromatic nitrogens is 2. The Hall–Kier alpha value is -1.57. The standard InChI is InChI=1S/C19H30BrN3O4/c1-13(2)23-12-14(16(20)21-23)10-19(11-15(24)25)6-8-22(9-7-19)17(26)27-18(3,4)5/h12-13H,6-11H2,1-5H3,(H,24,25). The third-order valence-corrected chi connectivity index (χ3v) is 5.52. The first-order valence-corrected chi connectivity index (χ1v) is 10.1. The van der Waals surface area contributed by atoms with E-state index in [2.05, 4.69) is 34.9 Å². The van der Waals surface area contributed by atoms with Gasteiger partial charge in [0.2, 0.25) is 0 Å². The summed E-state index contributed by atoms with van der Waals surface area (Å²) in [5, 5.41) is 13.9. The summed E-state index contributed by atoms with van der Waals surface area (Å²) in [6.07, 6.45) is 3.59. The number of ether oxygens (including phenoxy) is 1. The van der Waals surface area contributed by atoms with Crippen LogP contribution in [0.2, 0.25) is 0 Å². The van der Waals surface area contributed by atoms with Crippen molar-refractivity contribution in [1.82, 2.24) is 14.7 Å². The lowest BCUT2D eigenvalue weighted by molar-refractivity contribution is -0.140. The van der Waals surface area contributed by atoms with Gasteiger partial charge in [0, 0.05) is 30.9 Å². The largest absolute Gasteiger partial charge is 0.481 e. The minimum absolute atomic E-state index is 0.0778. The van der Waals surface area contributed by atoms with Crippen molar-refractivity contribution in [1.29, 1.82) is 0 Å². The van der Waals surface area contributed by atoms with E-state index in [9.17, 15) is 14.7 Å². The second-order valence-electron chi connectivity index (χ2n) is 8.73. The molecule has 0 bridgehead atoms. The number of carbonyl (C=O) groups excluding carboxylic acids is 1. The average molecular weight is 444 g/mol.